The zero-order valence-corrected chi connectivity index (χ0v) is 16.6. The van der Waals surface area contributed by atoms with Crippen molar-refractivity contribution in [3.8, 4) is 22.8 Å². The molecule has 0 radical (unpaired) electrons. The maximum absolute atomic E-state index is 5.54. The van der Waals surface area contributed by atoms with Gasteiger partial charge in [0.1, 0.15) is 11.5 Å². The maximum Gasteiger partial charge on any atom is 0.203 e. The van der Waals surface area contributed by atoms with Gasteiger partial charge in [-0.1, -0.05) is 12.1 Å². The van der Waals surface area contributed by atoms with E-state index < -0.39 is 0 Å². The third kappa shape index (κ3) is 4.84. The fourth-order valence-electron chi connectivity index (χ4n) is 2.97. The molecular formula is C22H27N3O3. The molecule has 0 saturated heterocycles. The van der Waals surface area contributed by atoms with E-state index in [-0.39, 0.29) is 0 Å². The molecule has 0 aliphatic rings. The van der Waals surface area contributed by atoms with Crippen molar-refractivity contribution in [3.05, 3.63) is 60.3 Å². The first kappa shape index (κ1) is 19.8. The van der Waals surface area contributed by atoms with E-state index in [1.54, 1.807) is 14.2 Å². The summed E-state index contributed by atoms with van der Waals surface area (Å²) in [5, 5.41) is 3.43. The van der Waals surface area contributed by atoms with Crippen molar-refractivity contribution in [3.63, 3.8) is 0 Å². The van der Waals surface area contributed by atoms with Gasteiger partial charge in [-0.2, -0.15) is 0 Å². The van der Waals surface area contributed by atoms with Gasteiger partial charge < -0.3 is 24.1 Å². The maximum atomic E-state index is 5.54. The monoisotopic (exact) mass is 381 g/mol. The van der Waals surface area contributed by atoms with E-state index >= 15 is 0 Å². The van der Waals surface area contributed by atoms with Crippen molar-refractivity contribution in [1.82, 2.24) is 9.55 Å². The van der Waals surface area contributed by atoms with Crippen LogP contribution in [0.4, 0.5) is 5.95 Å². The summed E-state index contributed by atoms with van der Waals surface area (Å²) < 4.78 is 18.2. The molecular weight excluding hydrogens is 354 g/mol. The SMILES string of the molecule is CCOc1ccc(-c2cnc(NCc3ccc(OC)cc3)n2CCOC)cc1. The number of aromatic nitrogens is 2. The van der Waals surface area contributed by atoms with Crippen LogP contribution in [0.5, 0.6) is 11.5 Å². The second-order valence-electron chi connectivity index (χ2n) is 6.27. The van der Waals surface area contributed by atoms with Gasteiger partial charge in [0.05, 0.1) is 32.2 Å². The second-order valence-corrected chi connectivity index (χ2v) is 6.27. The van der Waals surface area contributed by atoms with Crippen molar-refractivity contribution in [2.24, 2.45) is 0 Å². The smallest absolute Gasteiger partial charge is 0.203 e. The molecule has 0 bridgehead atoms. The van der Waals surface area contributed by atoms with Crippen LogP contribution in [-0.2, 0) is 17.8 Å². The minimum absolute atomic E-state index is 0.609. The fraction of sp³-hybridized carbons (Fsp3) is 0.318. The lowest BCUT2D eigenvalue weighted by molar-refractivity contribution is 0.188. The predicted octanol–water partition coefficient (Wildman–Crippen LogP) is 4.22. The van der Waals surface area contributed by atoms with Crippen molar-refractivity contribution in [1.29, 1.82) is 0 Å². The highest BCUT2D eigenvalue weighted by Gasteiger charge is 2.12. The van der Waals surface area contributed by atoms with Gasteiger partial charge >= 0.3 is 0 Å². The van der Waals surface area contributed by atoms with Crippen molar-refractivity contribution in [2.75, 3.05) is 32.8 Å². The Kier molecular flexibility index (Phi) is 6.92. The normalized spacial score (nSPS) is 10.7. The predicted molar refractivity (Wildman–Crippen MR) is 111 cm³/mol. The van der Waals surface area contributed by atoms with E-state index in [9.17, 15) is 0 Å². The van der Waals surface area contributed by atoms with Gasteiger partial charge in [-0.15, -0.1) is 0 Å². The van der Waals surface area contributed by atoms with E-state index in [2.05, 4.69) is 27.0 Å². The van der Waals surface area contributed by atoms with Crippen molar-refractivity contribution in [2.45, 2.75) is 20.0 Å². The van der Waals surface area contributed by atoms with Crippen molar-refractivity contribution < 1.29 is 14.2 Å². The number of nitrogens with one attached hydrogen (secondary N) is 1. The zero-order chi connectivity index (χ0) is 19.8. The van der Waals surface area contributed by atoms with Crippen molar-refractivity contribution >= 4 is 5.95 Å². The van der Waals surface area contributed by atoms with Gasteiger partial charge in [0, 0.05) is 25.8 Å². The number of hydrogen-bond acceptors (Lipinski definition) is 5. The summed E-state index contributed by atoms with van der Waals surface area (Å²) in [4.78, 5) is 4.59. The molecule has 2 aromatic carbocycles. The Morgan fingerprint density at radius 2 is 1.68 bits per heavy atom. The number of benzene rings is 2. The van der Waals surface area contributed by atoms with E-state index in [1.165, 1.54) is 0 Å². The largest absolute Gasteiger partial charge is 0.497 e. The number of methoxy groups -OCH3 is 2. The van der Waals surface area contributed by atoms with Crippen LogP contribution in [0, 0.1) is 0 Å². The summed E-state index contributed by atoms with van der Waals surface area (Å²) in [5.41, 5.74) is 3.28. The number of ether oxygens (including phenoxy) is 3. The topological polar surface area (TPSA) is 57.5 Å². The summed E-state index contributed by atoms with van der Waals surface area (Å²) in [5.74, 6) is 2.53. The van der Waals surface area contributed by atoms with Gasteiger partial charge in [0.15, 0.2) is 0 Å². The zero-order valence-electron chi connectivity index (χ0n) is 16.6. The van der Waals surface area contributed by atoms with E-state index in [4.69, 9.17) is 14.2 Å². The molecule has 0 fully saturated rings. The molecule has 1 aromatic heterocycles. The first-order chi connectivity index (χ1) is 13.7. The van der Waals surface area contributed by atoms with Crippen LogP contribution in [0.15, 0.2) is 54.7 Å². The lowest BCUT2D eigenvalue weighted by atomic mass is 10.1. The van der Waals surface area contributed by atoms with Gasteiger partial charge in [-0.05, 0) is 48.9 Å². The lowest BCUT2D eigenvalue weighted by Gasteiger charge is -2.13. The quantitative estimate of drug-likeness (QED) is 0.570. The lowest BCUT2D eigenvalue weighted by Crippen LogP contribution is -2.11. The Labute approximate surface area is 166 Å². The number of nitrogens with zero attached hydrogens (tertiary/aromatic N) is 2. The van der Waals surface area contributed by atoms with E-state index in [1.807, 2.05) is 49.5 Å². The highest BCUT2D eigenvalue weighted by atomic mass is 16.5. The summed E-state index contributed by atoms with van der Waals surface area (Å²) in [6.07, 6.45) is 1.89. The summed E-state index contributed by atoms with van der Waals surface area (Å²) in [7, 11) is 3.38. The van der Waals surface area contributed by atoms with Crippen LogP contribution in [0.3, 0.4) is 0 Å². The Balaban J connectivity index is 1.78. The Morgan fingerprint density at radius 1 is 0.964 bits per heavy atom. The minimum atomic E-state index is 0.609. The molecule has 0 saturated carbocycles. The van der Waals surface area contributed by atoms with Crippen LogP contribution in [0.25, 0.3) is 11.3 Å². The highest BCUT2D eigenvalue weighted by molar-refractivity contribution is 5.62. The Bertz CT molecular complexity index is 858. The molecule has 0 aliphatic carbocycles. The van der Waals surface area contributed by atoms with Gasteiger partial charge in [0.25, 0.3) is 0 Å². The fourth-order valence-corrected chi connectivity index (χ4v) is 2.97. The first-order valence-corrected chi connectivity index (χ1v) is 9.39. The first-order valence-electron chi connectivity index (χ1n) is 9.39. The third-order valence-electron chi connectivity index (χ3n) is 4.45. The van der Waals surface area contributed by atoms with E-state index in [0.717, 1.165) is 34.3 Å². The van der Waals surface area contributed by atoms with Crippen LogP contribution in [-0.4, -0.2) is 37.0 Å². The highest BCUT2D eigenvalue weighted by Crippen LogP contribution is 2.26. The molecule has 0 unspecified atom stereocenters. The molecule has 0 atom stereocenters. The molecule has 0 aliphatic heterocycles. The second kappa shape index (κ2) is 9.80. The Hall–Kier alpha value is -2.99. The molecule has 6 heteroatoms. The number of imidazole rings is 1. The molecule has 3 aromatic rings. The molecule has 28 heavy (non-hydrogen) atoms. The average molecular weight is 381 g/mol. The van der Waals surface area contributed by atoms with Gasteiger partial charge in [-0.25, -0.2) is 4.98 Å². The molecule has 6 nitrogen and oxygen atoms in total. The van der Waals surface area contributed by atoms with E-state index in [0.29, 0.717) is 26.3 Å². The number of rotatable bonds is 10. The molecule has 1 heterocycles. The Morgan fingerprint density at radius 3 is 2.32 bits per heavy atom. The van der Waals surface area contributed by atoms with Crippen LogP contribution >= 0.6 is 0 Å². The molecule has 3 rings (SSSR count). The summed E-state index contributed by atoms with van der Waals surface area (Å²) in [6.45, 7) is 4.64. The van der Waals surface area contributed by atoms with Crippen LogP contribution < -0.4 is 14.8 Å². The molecule has 1 N–H and O–H groups in total. The molecule has 0 spiro atoms. The minimum Gasteiger partial charge on any atom is -0.497 e. The van der Waals surface area contributed by atoms with Crippen LogP contribution in [0.1, 0.15) is 12.5 Å². The molecule has 0 amide bonds. The van der Waals surface area contributed by atoms with Gasteiger partial charge in [0.2, 0.25) is 5.95 Å². The number of anilines is 1. The third-order valence-corrected chi connectivity index (χ3v) is 4.45. The number of hydrogen-bond donors (Lipinski definition) is 1. The average Bonchev–Trinajstić information content (AvgIpc) is 3.14. The van der Waals surface area contributed by atoms with Crippen LogP contribution in [0.2, 0.25) is 0 Å². The summed E-state index contributed by atoms with van der Waals surface area (Å²) >= 11 is 0. The molecule has 148 valence electrons. The summed E-state index contributed by atoms with van der Waals surface area (Å²) in [6, 6.07) is 16.1. The standard InChI is InChI=1S/C22H27N3O3/c1-4-28-20-11-7-18(8-12-20)21-16-24-22(25(21)13-14-26-2)23-15-17-5-9-19(27-3)10-6-17/h5-12,16H,4,13-15H2,1-3H3,(H,23,24). The van der Waals surface area contributed by atoms with Gasteiger partial charge in [-0.3, -0.25) is 0 Å².